The van der Waals surface area contributed by atoms with Crippen molar-refractivity contribution < 1.29 is 18.9 Å². The molecule has 0 bridgehead atoms. The first-order valence-corrected chi connectivity index (χ1v) is 10.2. The van der Waals surface area contributed by atoms with Gasteiger partial charge in [0.2, 0.25) is 0 Å². The molecule has 0 aromatic rings. The second-order valence-electron chi connectivity index (χ2n) is 8.70. The summed E-state index contributed by atoms with van der Waals surface area (Å²) in [6, 6.07) is 0. The molecular weight excluding hydrogens is 316 g/mol. The monoisotopic (exact) mass is 360 g/mol. The number of hydrogen-bond donors (Lipinski definition) is 0. The molecule has 0 spiro atoms. The zero-order chi connectivity index (χ0) is 19.2. The summed E-state index contributed by atoms with van der Waals surface area (Å²) in [7, 11) is 0. The van der Waals surface area contributed by atoms with E-state index in [0.29, 0.717) is 23.7 Å². The van der Waals surface area contributed by atoms with Gasteiger partial charge in [0.25, 0.3) is 0 Å². The molecule has 0 saturated heterocycles. The topological polar surface area (TPSA) is 36.9 Å². The van der Waals surface area contributed by atoms with Gasteiger partial charge in [-0.3, -0.25) is 0 Å². The molecule has 0 atom stereocenters. The number of rotatable bonds is 16. The summed E-state index contributed by atoms with van der Waals surface area (Å²) in [6.07, 6.45) is 2.49. The largest absolute Gasteiger partial charge is 0.352 e. The van der Waals surface area contributed by atoms with Crippen molar-refractivity contribution in [1.82, 2.24) is 0 Å². The van der Waals surface area contributed by atoms with E-state index in [9.17, 15) is 0 Å². The Balaban J connectivity index is 4.31. The molecule has 152 valence electrons. The summed E-state index contributed by atoms with van der Waals surface area (Å²) >= 11 is 0. The minimum atomic E-state index is -0.124. The zero-order valence-corrected chi connectivity index (χ0v) is 18.0. The van der Waals surface area contributed by atoms with Gasteiger partial charge in [-0.15, -0.1) is 0 Å². The van der Waals surface area contributed by atoms with Crippen LogP contribution in [-0.4, -0.2) is 39.0 Å². The Labute approximate surface area is 156 Å². The lowest BCUT2D eigenvalue weighted by Gasteiger charge is -2.23. The normalized spacial score (nSPS) is 12.7. The van der Waals surface area contributed by atoms with E-state index in [1.54, 1.807) is 0 Å². The first kappa shape index (κ1) is 24.8. The van der Waals surface area contributed by atoms with Crippen molar-refractivity contribution in [2.24, 2.45) is 23.7 Å². The molecule has 0 aliphatic carbocycles. The van der Waals surface area contributed by atoms with Crippen LogP contribution in [0.4, 0.5) is 0 Å². The Morgan fingerprint density at radius 2 is 0.680 bits per heavy atom. The van der Waals surface area contributed by atoms with Crippen LogP contribution in [0, 0.1) is 23.7 Å². The Bertz CT molecular complexity index is 238. The second-order valence-corrected chi connectivity index (χ2v) is 8.70. The molecule has 0 N–H and O–H groups in total. The Kier molecular flexibility index (Phi) is 14.9. The minimum absolute atomic E-state index is 0.124. The molecule has 0 heterocycles. The fourth-order valence-electron chi connectivity index (χ4n) is 2.08. The van der Waals surface area contributed by atoms with E-state index < -0.39 is 0 Å². The SMILES string of the molecule is CC(C)COC(CCCC(OCC(C)C)OCC(C)C)OCC(C)C. The molecule has 0 aliphatic rings. The Hall–Kier alpha value is -0.160. The number of hydrogen-bond acceptors (Lipinski definition) is 4. The summed E-state index contributed by atoms with van der Waals surface area (Å²) in [5.41, 5.74) is 0. The molecule has 4 nitrogen and oxygen atoms in total. The Morgan fingerprint density at radius 3 is 0.880 bits per heavy atom. The molecule has 25 heavy (non-hydrogen) atoms. The van der Waals surface area contributed by atoms with Crippen LogP contribution < -0.4 is 0 Å². The molecule has 0 aliphatic heterocycles. The third kappa shape index (κ3) is 17.0. The van der Waals surface area contributed by atoms with Gasteiger partial charge < -0.3 is 18.9 Å². The molecule has 0 rings (SSSR count). The van der Waals surface area contributed by atoms with Crippen LogP contribution in [0.1, 0.15) is 74.7 Å². The predicted octanol–water partition coefficient (Wildman–Crippen LogP) is 5.50. The lowest BCUT2D eigenvalue weighted by Crippen LogP contribution is -2.25. The highest BCUT2D eigenvalue weighted by molar-refractivity contribution is 4.55. The smallest absolute Gasteiger partial charge is 0.157 e. The van der Waals surface area contributed by atoms with Crippen molar-refractivity contribution >= 4 is 0 Å². The minimum Gasteiger partial charge on any atom is -0.352 e. The Morgan fingerprint density at radius 1 is 0.440 bits per heavy atom. The van der Waals surface area contributed by atoms with Gasteiger partial charge in [0.15, 0.2) is 12.6 Å². The third-order valence-electron chi connectivity index (χ3n) is 3.34. The lowest BCUT2D eigenvalue weighted by molar-refractivity contribution is -0.171. The maximum Gasteiger partial charge on any atom is 0.157 e. The van der Waals surface area contributed by atoms with E-state index in [2.05, 4.69) is 55.4 Å². The predicted molar refractivity (Wildman–Crippen MR) is 105 cm³/mol. The summed E-state index contributed by atoms with van der Waals surface area (Å²) < 4.78 is 23.7. The summed E-state index contributed by atoms with van der Waals surface area (Å²) in [4.78, 5) is 0. The molecule has 0 unspecified atom stereocenters. The van der Waals surface area contributed by atoms with Crippen molar-refractivity contribution in [1.29, 1.82) is 0 Å². The van der Waals surface area contributed by atoms with Gasteiger partial charge in [0.1, 0.15) is 0 Å². The molecule has 0 radical (unpaired) electrons. The van der Waals surface area contributed by atoms with E-state index in [1.807, 2.05) is 0 Å². The van der Waals surface area contributed by atoms with E-state index in [1.165, 1.54) is 0 Å². The molecule has 0 aromatic heterocycles. The lowest BCUT2D eigenvalue weighted by atomic mass is 10.2. The molecular formula is C21H44O4. The average molecular weight is 361 g/mol. The van der Waals surface area contributed by atoms with Crippen LogP contribution in [0.15, 0.2) is 0 Å². The van der Waals surface area contributed by atoms with E-state index in [4.69, 9.17) is 18.9 Å². The van der Waals surface area contributed by atoms with Crippen LogP contribution >= 0.6 is 0 Å². The van der Waals surface area contributed by atoms with E-state index in [0.717, 1.165) is 45.7 Å². The maximum absolute atomic E-state index is 5.93. The van der Waals surface area contributed by atoms with Crippen LogP contribution in [0.3, 0.4) is 0 Å². The zero-order valence-electron chi connectivity index (χ0n) is 18.0. The van der Waals surface area contributed by atoms with E-state index in [-0.39, 0.29) is 12.6 Å². The molecule has 0 fully saturated rings. The summed E-state index contributed by atoms with van der Waals surface area (Å²) in [6.45, 7) is 20.2. The van der Waals surface area contributed by atoms with Gasteiger partial charge in [-0.05, 0) is 42.9 Å². The maximum atomic E-state index is 5.93. The molecule has 0 amide bonds. The van der Waals surface area contributed by atoms with Crippen LogP contribution in [-0.2, 0) is 18.9 Å². The molecule has 4 heteroatoms. The summed E-state index contributed by atoms with van der Waals surface area (Å²) in [5.74, 6) is 2.06. The van der Waals surface area contributed by atoms with Gasteiger partial charge in [0.05, 0.1) is 26.4 Å². The van der Waals surface area contributed by atoms with Gasteiger partial charge in [-0.2, -0.15) is 0 Å². The fourth-order valence-corrected chi connectivity index (χ4v) is 2.08. The fraction of sp³-hybridized carbons (Fsp3) is 1.00. The quantitative estimate of drug-likeness (QED) is 0.341. The van der Waals surface area contributed by atoms with Crippen LogP contribution in [0.2, 0.25) is 0 Å². The van der Waals surface area contributed by atoms with Gasteiger partial charge in [-0.25, -0.2) is 0 Å². The van der Waals surface area contributed by atoms with Gasteiger partial charge in [0, 0.05) is 0 Å². The first-order valence-electron chi connectivity index (χ1n) is 10.2. The van der Waals surface area contributed by atoms with Crippen molar-refractivity contribution in [2.75, 3.05) is 26.4 Å². The number of ether oxygens (including phenoxy) is 4. The molecule has 0 aromatic carbocycles. The third-order valence-corrected chi connectivity index (χ3v) is 3.34. The van der Waals surface area contributed by atoms with Crippen LogP contribution in [0.25, 0.3) is 0 Å². The highest BCUT2D eigenvalue weighted by Crippen LogP contribution is 2.15. The first-order chi connectivity index (χ1) is 11.7. The van der Waals surface area contributed by atoms with Gasteiger partial charge in [-0.1, -0.05) is 55.4 Å². The molecule has 0 saturated carbocycles. The summed E-state index contributed by atoms with van der Waals surface area (Å²) in [5, 5.41) is 0. The standard InChI is InChI=1S/C21H44O4/c1-16(2)12-22-20(23-13-17(3)4)10-9-11-21(24-14-18(5)6)25-15-19(7)8/h16-21H,9-15H2,1-8H3. The van der Waals surface area contributed by atoms with Crippen molar-refractivity contribution in [3.63, 3.8) is 0 Å². The second kappa shape index (κ2) is 15.0. The average Bonchev–Trinajstić information content (AvgIpc) is 2.50. The highest BCUT2D eigenvalue weighted by atomic mass is 16.7. The van der Waals surface area contributed by atoms with Crippen molar-refractivity contribution in [3.8, 4) is 0 Å². The van der Waals surface area contributed by atoms with E-state index >= 15 is 0 Å². The van der Waals surface area contributed by atoms with Crippen LogP contribution in [0.5, 0.6) is 0 Å². The van der Waals surface area contributed by atoms with Crippen molar-refractivity contribution in [3.05, 3.63) is 0 Å². The van der Waals surface area contributed by atoms with Crippen molar-refractivity contribution in [2.45, 2.75) is 87.2 Å². The highest BCUT2D eigenvalue weighted by Gasteiger charge is 2.15. The van der Waals surface area contributed by atoms with Gasteiger partial charge >= 0.3 is 0 Å².